The quantitative estimate of drug-likeness (QED) is 0.812. The van der Waals surface area contributed by atoms with Crippen molar-refractivity contribution >= 4 is 0 Å². The Morgan fingerprint density at radius 1 is 1.56 bits per heavy atom. The van der Waals surface area contributed by atoms with Gasteiger partial charge in [-0.2, -0.15) is 0 Å². The first-order valence-corrected chi connectivity index (χ1v) is 6.51. The average Bonchev–Trinajstić information content (AvgIpc) is 2.86. The van der Waals surface area contributed by atoms with Crippen molar-refractivity contribution in [1.82, 2.24) is 20.1 Å². The minimum absolute atomic E-state index is 0.201. The maximum Gasteiger partial charge on any atom is 0.149 e. The van der Waals surface area contributed by atoms with Crippen molar-refractivity contribution in [1.29, 1.82) is 0 Å². The monoisotopic (exact) mass is 254 g/mol. The first-order chi connectivity index (χ1) is 8.81. The van der Waals surface area contributed by atoms with Crippen LogP contribution in [0.2, 0.25) is 0 Å². The number of methoxy groups -OCH3 is 1. The predicted octanol–water partition coefficient (Wildman–Crippen LogP) is 0.754. The molecule has 0 aromatic carbocycles. The van der Waals surface area contributed by atoms with Gasteiger partial charge < -0.3 is 19.4 Å². The minimum Gasteiger partial charge on any atom is -0.383 e. The molecule has 0 saturated carbocycles. The Morgan fingerprint density at radius 2 is 2.33 bits per heavy atom. The van der Waals surface area contributed by atoms with E-state index in [4.69, 9.17) is 9.47 Å². The van der Waals surface area contributed by atoms with Gasteiger partial charge >= 0.3 is 0 Å². The van der Waals surface area contributed by atoms with Crippen LogP contribution in [-0.2, 0) is 16.0 Å². The summed E-state index contributed by atoms with van der Waals surface area (Å²) in [6.45, 7) is 5.29. The highest BCUT2D eigenvalue weighted by molar-refractivity contribution is 4.94. The Kier molecular flexibility index (Phi) is 5.10. The lowest BCUT2D eigenvalue weighted by molar-refractivity contribution is 0.0749. The number of rotatable bonds is 6. The lowest BCUT2D eigenvalue weighted by Crippen LogP contribution is -2.37. The van der Waals surface area contributed by atoms with Crippen LogP contribution in [0.5, 0.6) is 0 Å². The Labute approximate surface area is 108 Å². The van der Waals surface area contributed by atoms with Gasteiger partial charge in [-0.25, -0.2) is 0 Å². The standard InChI is InChI=1S/C12H22N4O2/c1-10(14-11-3-6-18-7-4-11)12-15-13-9-16(12)5-8-17-2/h9-11,14H,3-8H2,1-2H3/t10-/m0/s1. The van der Waals surface area contributed by atoms with Crippen LogP contribution in [0.3, 0.4) is 0 Å². The van der Waals surface area contributed by atoms with E-state index in [0.29, 0.717) is 12.6 Å². The molecule has 6 nitrogen and oxygen atoms in total. The van der Waals surface area contributed by atoms with Gasteiger partial charge in [0.1, 0.15) is 12.2 Å². The van der Waals surface area contributed by atoms with Gasteiger partial charge in [0.2, 0.25) is 0 Å². The number of hydrogen-bond donors (Lipinski definition) is 1. The molecule has 102 valence electrons. The summed E-state index contributed by atoms with van der Waals surface area (Å²) in [6, 6.07) is 0.716. The summed E-state index contributed by atoms with van der Waals surface area (Å²) in [5.41, 5.74) is 0. The largest absolute Gasteiger partial charge is 0.383 e. The van der Waals surface area contributed by atoms with E-state index in [1.54, 1.807) is 13.4 Å². The number of ether oxygens (including phenoxy) is 2. The summed E-state index contributed by atoms with van der Waals surface area (Å²) in [4.78, 5) is 0. The fourth-order valence-corrected chi connectivity index (χ4v) is 2.25. The van der Waals surface area contributed by atoms with Crippen LogP contribution in [0.4, 0.5) is 0 Å². The fourth-order valence-electron chi connectivity index (χ4n) is 2.25. The second-order valence-corrected chi connectivity index (χ2v) is 4.65. The number of nitrogens with one attached hydrogen (secondary N) is 1. The lowest BCUT2D eigenvalue weighted by atomic mass is 10.1. The molecule has 1 aromatic rings. The highest BCUT2D eigenvalue weighted by atomic mass is 16.5. The molecule has 6 heteroatoms. The van der Waals surface area contributed by atoms with Crippen LogP contribution in [0.25, 0.3) is 0 Å². The van der Waals surface area contributed by atoms with Gasteiger partial charge in [0.05, 0.1) is 12.6 Å². The molecule has 1 saturated heterocycles. The summed E-state index contributed by atoms with van der Waals surface area (Å²) in [5, 5.41) is 11.8. The molecule has 0 unspecified atom stereocenters. The van der Waals surface area contributed by atoms with Gasteiger partial charge in [0.15, 0.2) is 0 Å². The van der Waals surface area contributed by atoms with E-state index in [1.165, 1.54) is 0 Å². The molecule has 1 aliphatic rings. The Morgan fingerprint density at radius 3 is 3.06 bits per heavy atom. The molecule has 0 radical (unpaired) electrons. The maximum absolute atomic E-state index is 5.36. The molecule has 1 aliphatic heterocycles. The van der Waals surface area contributed by atoms with Crippen molar-refractivity contribution in [3.8, 4) is 0 Å². The summed E-state index contributed by atoms with van der Waals surface area (Å²) in [7, 11) is 1.70. The zero-order chi connectivity index (χ0) is 12.8. The molecule has 18 heavy (non-hydrogen) atoms. The summed E-state index contributed by atoms with van der Waals surface area (Å²) >= 11 is 0. The molecule has 0 amide bonds. The third kappa shape index (κ3) is 3.51. The highest BCUT2D eigenvalue weighted by Crippen LogP contribution is 2.14. The van der Waals surface area contributed by atoms with Crippen LogP contribution in [0.1, 0.15) is 31.6 Å². The van der Waals surface area contributed by atoms with E-state index in [-0.39, 0.29) is 6.04 Å². The van der Waals surface area contributed by atoms with E-state index in [0.717, 1.165) is 38.4 Å². The molecular formula is C12H22N4O2. The van der Waals surface area contributed by atoms with Crippen LogP contribution in [0.15, 0.2) is 6.33 Å². The second kappa shape index (κ2) is 6.82. The first-order valence-electron chi connectivity index (χ1n) is 6.51. The van der Waals surface area contributed by atoms with Gasteiger partial charge in [-0.15, -0.1) is 10.2 Å². The fraction of sp³-hybridized carbons (Fsp3) is 0.833. The number of hydrogen-bond acceptors (Lipinski definition) is 5. The van der Waals surface area contributed by atoms with Crippen molar-refractivity contribution < 1.29 is 9.47 Å². The molecule has 2 heterocycles. The molecule has 1 N–H and O–H groups in total. The van der Waals surface area contributed by atoms with Crippen molar-refractivity contribution in [2.45, 2.75) is 38.4 Å². The van der Waals surface area contributed by atoms with Crippen LogP contribution >= 0.6 is 0 Å². The molecule has 0 bridgehead atoms. The lowest BCUT2D eigenvalue weighted by Gasteiger charge is -2.26. The second-order valence-electron chi connectivity index (χ2n) is 4.65. The van der Waals surface area contributed by atoms with Crippen molar-refractivity contribution in [2.24, 2.45) is 0 Å². The van der Waals surface area contributed by atoms with E-state index in [9.17, 15) is 0 Å². The van der Waals surface area contributed by atoms with Gasteiger partial charge in [-0.05, 0) is 19.8 Å². The maximum atomic E-state index is 5.36. The number of nitrogens with zero attached hydrogens (tertiary/aromatic N) is 3. The van der Waals surface area contributed by atoms with E-state index in [1.807, 2.05) is 4.57 Å². The van der Waals surface area contributed by atoms with E-state index < -0.39 is 0 Å². The van der Waals surface area contributed by atoms with Crippen LogP contribution < -0.4 is 5.32 Å². The normalized spacial score (nSPS) is 19.0. The summed E-state index contributed by atoms with van der Waals surface area (Å²) in [5.74, 6) is 0.971. The highest BCUT2D eigenvalue weighted by Gasteiger charge is 2.19. The first kappa shape index (κ1) is 13.5. The summed E-state index contributed by atoms with van der Waals surface area (Å²) in [6.07, 6.45) is 3.89. The molecule has 1 fully saturated rings. The van der Waals surface area contributed by atoms with E-state index in [2.05, 4.69) is 22.4 Å². The molecule has 0 spiro atoms. The molecule has 2 rings (SSSR count). The third-order valence-corrected chi connectivity index (χ3v) is 3.28. The predicted molar refractivity (Wildman–Crippen MR) is 67.3 cm³/mol. The minimum atomic E-state index is 0.201. The molecule has 1 aromatic heterocycles. The zero-order valence-corrected chi connectivity index (χ0v) is 11.1. The molecule has 0 aliphatic carbocycles. The average molecular weight is 254 g/mol. The van der Waals surface area contributed by atoms with Gasteiger partial charge in [0, 0.05) is 32.9 Å². The molecule has 1 atom stereocenters. The van der Waals surface area contributed by atoms with Crippen molar-refractivity contribution in [2.75, 3.05) is 26.9 Å². The molecular weight excluding hydrogens is 232 g/mol. The van der Waals surface area contributed by atoms with E-state index >= 15 is 0 Å². The topological polar surface area (TPSA) is 61.2 Å². The number of aromatic nitrogens is 3. The van der Waals surface area contributed by atoms with Crippen LogP contribution in [-0.4, -0.2) is 47.7 Å². The Hall–Kier alpha value is -0.980. The summed E-state index contributed by atoms with van der Waals surface area (Å²) < 4.78 is 12.5. The Balaban J connectivity index is 1.90. The smallest absolute Gasteiger partial charge is 0.149 e. The van der Waals surface area contributed by atoms with Crippen molar-refractivity contribution in [3.63, 3.8) is 0 Å². The zero-order valence-electron chi connectivity index (χ0n) is 11.1. The van der Waals surface area contributed by atoms with Crippen molar-refractivity contribution in [3.05, 3.63) is 12.2 Å². The van der Waals surface area contributed by atoms with Crippen LogP contribution in [0, 0.1) is 0 Å². The van der Waals surface area contributed by atoms with Gasteiger partial charge in [-0.3, -0.25) is 0 Å². The third-order valence-electron chi connectivity index (χ3n) is 3.28. The SMILES string of the molecule is COCCn1cnnc1[C@H](C)NC1CCOCC1. The van der Waals surface area contributed by atoms with Gasteiger partial charge in [-0.1, -0.05) is 0 Å². The Bertz CT molecular complexity index is 350. The van der Waals surface area contributed by atoms with Gasteiger partial charge in [0.25, 0.3) is 0 Å².